The van der Waals surface area contributed by atoms with Crippen molar-refractivity contribution in [3.63, 3.8) is 0 Å². The molecule has 1 saturated carbocycles. The number of hydrogen-bond donors (Lipinski definition) is 2. The minimum Gasteiger partial charge on any atom is -0.316 e. The van der Waals surface area contributed by atoms with Gasteiger partial charge in [0.05, 0.1) is 0 Å². The molecular weight excluding hydrogens is 268 g/mol. The van der Waals surface area contributed by atoms with E-state index in [4.69, 9.17) is 0 Å². The largest absolute Gasteiger partial charge is 0.316 e. The molecule has 114 valence electrons. The fraction of sp³-hybridized carbons (Fsp3) is 0.867. The van der Waals surface area contributed by atoms with Crippen molar-refractivity contribution < 1.29 is 0 Å². The van der Waals surface area contributed by atoms with E-state index < -0.39 is 0 Å². The fourth-order valence-corrected chi connectivity index (χ4v) is 4.42. The van der Waals surface area contributed by atoms with Gasteiger partial charge in [-0.15, -0.1) is 5.10 Å². The lowest BCUT2D eigenvalue weighted by Gasteiger charge is -2.42. The highest BCUT2D eigenvalue weighted by atomic mass is 32.2. The van der Waals surface area contributed by atoms with E-state index in [9.17, 15) is 0 Å². The van der Waals surface area contributed by atoms with E-state index in [0.717, 1.165) is 16.9 Å². The zero-order valence-electron chi connectivity index (χ0n) is 13.4. The summed E-state index contributed by atoms with van der Waals surface area (Å²) in [4.78, 5) is 4.45. The first-order chi connectivity index (χ1) is 9.46. The monoisotopic (exact) mass is 296 g/mol. The van der Waals surface area contributed by atoms with Gasteiger partial charge in [-0.3, -0.25) is 5.10 Å². The van der Waals surface area contributed by atoms with Crippen LogP contribution in [0.25, 0.3) is 0 Å². The highest BCUT2D eigenvalue weighted by Gasteiger charge is 2.37. The zero-order chi connectivity index (χ0) is 14.8. The molecule has 1 aliphatic rings. The Morgan fingerprint density at radius 1 is 1.40 bits per heavy atom. The lowest BCUT2D eigenvalue weighted by Crippen LogP contribution is -2.43. The third-order valence-corrected chi connectivity index (χ3v) is 6.23. The number of H-pyrrole nitrogens is 1. The predicted octanol–water partition coefficient (Wildman–Crippen LogP) is 3.40. The van der Waals surface area contributed by atoms with Gasteiger partial charge in [-0.2, -0.15) is 0 Å². The molecule has 0 bridgehead atoms. The van der Waals surface area contributed by atoms with Crippen LogP contribution in [-0.2, 0) is 0 Å². The number of thioether (sulfide) groups is 1. The van der Waals surface area contributed by atoms with Crippen LogP contribution in [-0.4, -0.2) is 33.5 Å². The van der Waals surface area contributed by atoms with E-state index in [1.165, 1.54) is 25.7 Å². The first-order valence-corrected chi connectivity index (χ1v) is 8.57. The summed E-state index contributed by atoms with van der Waals surface area (Å²) in [7, 11) is 2.08. The van der Waals surface area contributed by atoms with E-state index in [0.29, 0.717) is 16.7 Å². The Morgan fingerprint density at radius 2 is 2.15 bits per heavy atom. The lowest BCUT2D eigenvalue weighted by molar-refractivity contribution is 0.142. The molecular formula is C15H28N4S. The van der Waals surface area contributed by atoms with Gasteiger partial charge >= 0.3 is 0 Å². The van der Waals surface area contributed by atoms with Gasteiger partial charge in [0.2, 0.25) is 5.16 Å². The summed E-state index contributed by atoms with van der Waals surface area (Å²) in [5.41, 5.74) is 0.437. The second-order valence-corrected chi connectivity index (χ2v) is 7.81. The van der Waals surface area contributed by atoms with Crippen molar-refractivity contribution >= 4 is 11.8 Å². The summed E-state index contributed by atoms with van der Waals surface area (Å²) >= 11 is 1.83. The number of rotatable bonds is 5. The predicted molar refractivity (Wildman–Crippen MR) is 85.0 cm³/mol. The van der Waals surface area contributed by atoms with Crippen molar-refractivity contribution in [1.82, 2.24) is 20.5 Å². The average Bonchev–Trinajstić information content (AvgIpc) is 2.84. The summed E-state index contributed by atoms with van der Waals surface area (Å²) in [6.07, 6.45) is 5.09. The van der Waals surface area contributed by atoms with E-state index in [1.807, 2.05) is 18.7 Å². The SMILES string of the molecule is CCC(C)(C)C1CCC(NC)C(Sc2n[nH]c(C)n2)C1. The maximum atomic E-state index is 4.45. The molecule has 0 aromatic carbocycles. The Morgan fingerprint density at radius 3 is 2.70 bits per heavy atom. The number of aromatic nitrogens is 3. The van der Waals surface area contributed by atoms with Crippen LogP contribution >= 0.6 is 11.8 Å². The smallest absolute Gasteiger partial charge is 0.208 e. The van der Waals surface area contributed by atoms with Crippen molar-refractivity contribution in [1.29, 1.82) is 0 Å². The molecule has 1 aliphatic carbocycles. The van der Waals surface area contributed by atoms with Gasteiger partial charge in [-0.25, -0.2) is 4.98 Å². The molecule has 1 aromatic heterocycles. The fourth-order valence-electron chi connectivity index (χ4n) is 3.10. The van der Waals surface area contributed by atoms with Crippen LogP contribution in [0.15, 0.2) is 5.16 Å². The number of hydrogen-bond acceptors (Lipinski definition) is 4. The summed E-state index contributed by atoms with van der Waals surface area (Å²) in [5.74, 6) is 1.70. The van der Waals surface area contributed by atoms with Crippen LogP contribution in [0.4, 0.5) is 0 Å². The van der Waals surface area contributed by atoms with Crippen LogP contribution < -0.4 is 5.32 Å². The normalized spacial score (nSPS) is 27.8. The molecule has 0 saturated heterocycles. The first-order valence-electron chi connectivity index (χ1n) is 7.69. The minimum absolute atomic E-state index is 0.437. The average molecular weight is 296 g/mol. The summed E-state index contributed by atoms with van der Waals surface area (Å²) in [6, 6.07) is 0.572. The molecule has 3 unspecified atom stereocenters. The van der Waals surface area contributed by atoms with Crippen LogP contribution in [0.5, 0.6) is 0 Å². The topological polar surface area (TPSA) is 53.6 Å². The van der Waals surface area contributed by atoms with Gasteiger partial charge in [0.25, 0.3) is 0 Å². The lowest BCUT2D eigenvalue weighted by atomic mass is 9.68. The van der Waals surface area contributed by atoms with E-state index in [1.54, 1.807) is 0 Å². The molecule has 0 amide bonds. The Kier molecular flexibility index (Phi) is 5.13. The Hall–Kier alpha value is -0.550. The number of nitrogens with zero attached hydrogens (tertiary/aromatic N) is 2. The van der Waals surface area contributed by atoms with Gasteiger partial charge in [-0.1, -0.05) is 39.0 Å². The van der Waals surface area contributed by atoms with Crippen molar-refractivity contribution in [3.05, 3.63) is 5.82 Å². The molecule has 1 aromatic rings. The Bertz CT molecular complexity index is 429. The molecule has 4 nitrogen and oxygen atoms in total. The number of aryl methyl sites for hydroxylation is 1. The highest BCUT2D eigenvalue weighted by molar-refractivity contribution is 7.99. The number of nitrogens with one attached hydrogen (secondary N) is 2. The van der Waals surface area contributed by atoms with Crippen LogP contribution in [0.3, 0.4) is 0 Å². The Labute approximate surface area is 126 Å². The molecule has 1 heterocycles. The zero-order valence-corrected chi connectivity index (χ0v) is 14.2. The molecule has 0 radical (unpaired) electrons. The van der Waals surface area contributed by atoms with Crippen molar-refractivity contribution in [3.8, 4) is 0 Å². The van der Waals surface area contributed by atoms with Crippen molar-refractivity contribution in [2.45, 2.75) is 69.8 Å². The van der Waals surface area contributed by atoms with Crippen molar-refractivity contribution in [2.75, 3.05) is 7.05 Å². The summed E-state index contributed by atoms with van der Waals surface area (Å²) < 4.78 is 0. The number of aromatic amines is 1. The maximum Gasteiger partial charge on any atom is 0.208 e. The van der Waals surface area contributed by atoms with Gasteiger partial charge in [0.1, 0.15) is 5.82 Å². The molecule has 0 aliphatic heterocycles. The van der Waals surface area contributed by atoms with Gasteiger partial charge in [-0.05, 0) is 44.6 Å². The van der Waals surface area contributed by atoms with Crippen LogP contribution in [0, 0.1) is 18.3 Å². The van der Waals surface area contributed by atoms with Crippen LogP contribution in [0.2, 0.25) is 0 Å². The summed E-state index contributed by atoms with van der Waals surface area (Å²) in [5, 5.41) is 12.2. The standard InChI is InChI=1S/C15H28N4S/c1-6-15(3,4)11-7-8-12(16-5)13(9-11)20-14-17-10(2)18-19-14/h11-13,16H,6-9H2,1-5H3,(H,17,18,19). The third kappa shape index (κ3) is 3.55. The van der Waals surface area contributed by atoms with E-state index >= 15 is 0 Å². The highest BCUT2D eigenvalue weighted by Crippen LogP contribution is 2.44. The van der Waals surface area contributed by atoms with Gasteiger partial charge in [0, 0.05) is 11.3 Å². The first kappa shape index (κ1) is 15.8. The molecule has 2 N–H and O–H groups in total. The van der Waals surface area contributed by atoms with Gasteiger partial charge in [0.15, 0.2) is 0 Å². The van der Waals surface area contributed by atoms with E-state index in [2.05, 4.69) is 48.3 Å². The molecule has 5 heteroatoms. The molecule has 2 rings (SSSR count). The molecule has 20 heavy (non-hydrogen) atoms. The Balaban J connectivity index is 2.06. The second-order valence-electron chi connectivity index (χ2n) is 6.61. The van der Waals surface area contributed by atoms with Gasteiger partial charge < -0.3 is 5.32 Å². The third-order valence-electron chi connectivity index (χ3n) is 5.01. The second kappa shape index (κ2) is 6.48. The van der Waals surface area contributed by atoms with Crippen molar-refractivity contribution in [2.24, 2.45) is 11.3 Å². The molecule has 1 fully saturated rings. The molecule has 0 spiro atoms. The van der Waals surface area contributed by atoms with Crippen LogP contribution in [0.1, 0.15) is 52.3 Å². The minimum atomic E-state index is 0.437. The molecule has 3 atom stereocenters. The van der Waals surface area contributed by atoms with E-state index in [-0.39, 0.29) is 0 Å². The summed E-state index contributed by atoms with van der Waals surface area (Å²) in [6.45, 7) is 9.09. The maximum absolute atomic E-state index is 4.45. The quantitative estimate of drug-likeness (QED) is 0.874.